The van der Waals surface area contributed by atoms with Gasteiger partial charge in [0.2, 0.25) is 5.95 Å². The van der Waals surface area contributed by atoms with Crippen molar-refractivity contribution in [1.29, 1.82) is 5.26 Å². The molecule has 2 aromatic heterocycles. The number of piperidine rings is 1. The number of anilines is 1. The van der Waals surface area contributed by atoms with Gasteiger partial charge < -0.3 is 14.2 Å². The summed E-state index contributed by atoms with van der Waals surface area (Å²) in [5, 5.41) is 18.2. The van der Waals surface area contributed by atoms with Gasteiger partial charge in [-0.3, -0.25) is 0 Å². The lowest BCUT2D eigenvalue weighted by atomic mass is 9.93. The summed E-state index contributed by atoms with van der Waals surface area (Å²) >= 11 is 0. The highest BCUT2D eigenvalue weighted by Gasteiger charge is 2.29. The van der Waals surface area contributed by atoms with Crippen molar-refractivity contribution in [3.63, 3.8) is 0 Å². The number of benzene rings is 1. The topological polar surface area (TPSA) is 79.9 Å². The third-order valence-corrected chi connectivity index (χ3v) is 6.37. The maximum absolute atomic E-state index is 13.6. The molecule has 8 heteroatoms. The van der Waals surface area contributed by atoms with E-state index in [4.69, 9.17) is 4.74 Å². The molecular formula is C24H25FN6O. The Morgan fingerprint density at radius 1 is 1.16 bits per heavy atom. The summed E-state index contributed by atoms with van der Waals surface area (Å²) in [6.45, 7) is 2.21. The molecular weight excluding hydrogens is 407 g/mol. The first kappa shape index (κ1) is 20.4. The molecule has 0 bridgehead atoms. The van der Waals surface area contributed by atoms with Gasteiger partial charge in [-0.2, -0.15) is 9.65 Å². The van der Waals surface area contributed by atoms with Crippen LogP contribution >= 0.6 is 0 Å². The van der Waals surface area contributed by atoms with Crippen LogP contribution in [0.5, 0.6) is 5.75 Å². The number of nitriles is 1. The van der Waals surface area contributed by atoms with E-state index >= 15 is 0 Å². The second kappa shape index (κ2) is 8.58. The fraction of sp³-hybridized carbons (Fsp3) is 0.417. The number of halogens is 1. The Bertz CT molecular complexity index is 1140. The van der Waals surface area contributed by atoms with Crippen molar-refractivity contribution in [3.05, 3.63) is 54.1 Å². The quantitative estimate of drug-likeness (QED) is 0.547. The zero-order chi connectivity index (χ0) is 22.1. The molecule has 5 rings (SSSR count). The Hall–Kier alpha value is -3.47. The monoisotopic (exact) mass is 432 g/mol. The molecule has 164 valence electrons. The number of aromatic nitrogens is 4. The number of aryl methyl sites for hydroxylation is 1. The second-order valence-corrected chi connectivity index (χ2v) is 8.63. The summed E-state index contributed by atoms with van der Waals surface area (Å²) in [4.78, 5) is 6.10. The molecule has 2 fully saturated rings. The smallest absolute Gasteiger partial charge is 0.212 e. The molecule has 0 atom stereocenters. The molecule has 3 heterocycles. The lowest BCUT2D eigenvalue weighted by Crippen LogP contribution is -2.34. The number of rotatable bonds is 6. The van der Waals surface area contributed by atoms with Crippen LogP contribution in [-0.2, 0) is 7.05 Å². The van der Waals surface area contributed by atoms with Crippen molar-refractivity contribution < 1.29 is 9.13 Å². The van der Waals surface area contributed by atoms with Gasteiger partial charge in [0.15, 0.2) is 0 Å². The molecule has 1 aliphatic heterocycles. The average Bonchev–Trinajstić information content (AvgIpc) is 3.56. The molecule has 0 unspecified atom stereocenters. The van der Waals surface area contributed by atoms with E-state index in [1.165, 1.54) is 25.1 Å². The van der Waals surface area contributed by atoms with Gasteiger partial charge in [0.25, 0.3) is 0 Å². The SMILES string of the molecule is Cn1cnnc1C1CCN(c2c(C#N)ccc(OCC3CC3)c2-c2ccc(F)nc2)CC1. The molecule has 0 amide bonds. The van der Waals surface area contributed by atoms with Crippen molar-refractivity contribution in [1.82, 2.24) is 19.7 Å². The van der Waals surface area contributed by atoms with E-state index in [2.05, 4.69) is 26.2 Å². The minimum absolute atomic E-state index is 0.328. The first-order valence-corrected chi connectivity index (χ1v) is 11.0. The molecule has 1 saturated heterocycles. The van der Waals surface area contributed by atoms with Crippen LogP contribution < -0.4 is 9.64 Å². The molecule has 1 saturated carbocycles. The maximum Gasteiger partial charge on any atom is 0.212 e. The number of pyridine rings is 1. The molecule has 2 aliphatic rings. The molecule has 3 aromatic rings. The summed E-state index contributed by atoms with van der Waals surface area (Å²) in [6.07, 6.45) is 7.44. The Morgan fingerprint density at radius 2 is 1.97 bits per heavy atom. The van der Waals surface area contributed by atoms with E-state index < -0.39 is 5.95 Å². The van der Waals surface area contributed by atoms with Crippen LogP contribution in [0.2, 0.25) is 0 Å². The minimum Gasteiger partial charge on any atom is -0.493 e. The Morgan fingerprint density at radius 3 is 2.59 bits per heavy atom. The standard InChI is InChI=1S/C24H25FN6O/c1-30-15-28-29-24(30)17-8-10-31(11-9-17)23-18(12-26)4-6-20(32-14-16-2-3-16)22(23)19-5-7-21(25)27-13-19/h4-7,13,15-17H,2-3,8-11,14H2,1H3. The van der Waals surface area contributed by atoms with E-state index in [-0.39, 0.29) is 0 Å². The Balaban J connectivity index is 1.51. The second-order valence-electron chi connectivity index (χ2n) is 8.63. The number of nitrogens with zero attached hydrogens (tertiary/aromatic N) is 6. The Labute approximate surface area is 186 Å². The van der Waals surface area contributed by atoms with Crippen molar-refractivity contribution in [2.45, 2.75) is 31.6 Å². The van der Waals surface area contributed by atoms with Crippen molar-refractivity contribution in [2.24, 2.45) is 13.0 Å². The predicted molar refractivity (Wildman–Crippen MR) is 118 cm³/mol. The third-order valence-electron chi connectivity index (χ3n) is 6.37. The molecule has 0 spiro atoms. The summed E-state index contributed by atoms with van der Waals surface area (Å²) in [7, 11) is 1.97. The average molecular weight is 433 g/mol. The van der Waals surface area contributed by atoms with Gasteiger partial charge in [-0.15, -0.1) is 10.2 Å². The zero-order valence-corrected chi connectivity index (χ0v) is 18.0. The largest absolute Gasteiger partial charge is 0.493 e. The lowest BCUT2D eigenvalue weighted by molar-refractivity contribution is 0.301. The summed E-state index contributed by atoms with van der Waals surface area (Å²) in [5.41, 5.74) is 2.99. The van der Waals surface area contributed by atoms with Gasteiger partial charge in [-0.1, -0.05) is 0 Å². The fourth-order valence-corrected chi connectivity index (χ4v) is 4.43. The van der Waals surface area contributed by atoms with E-state index in [0.717, 1.165) is 54.3 Å². The molecule has 0 N–H and O–H groups in total. The van der Waals surface area contributed by atoms with Crippen LogP contribution in [0.3, 0.4) is 0 Å². The minimum atomic E-state index is -0.531. The summed E-state index contributed by atoms with van der Waals surface area (Å²) < 4.78 is 21.7. The van der Waals surface area contributed by atoms with Gasteiger partial charge in [-0.25, -0.2) is 4.98 Å². The van der Waals surface area contributed by atoms with Crippen LogP contribution in [-0.4, -0.2) is 39.4 Å². The number of hydrogen-bond donors (Lipinski definition) is 0. The summed E-state index contributed by atoms with van der Waals surface area (Å²) in [6, 6.07) is 9.09. The molecule has 1 aliphatic carbocycles. The summed E-state index contributed by atoms with van der Waals surface area (Å²) in [5.74, 6) is 2.10. The van der Waals surface area contributed by atoms with Gasteiger partial charge in [0.1, 0.15) is 24.0 Å². The van der Waals surface area contributed by atoms with E-state index in [1.807, 2.05) is 23.7 Å². The van der Waals surface area contributed by atoms with E-state index in [1.54, 1.807) is 12.4 Å². The van der Waals surface area contributed by atoms with E-state index in [9.17, 15) is 9.65 Å². The van der Waals surface area contributed by atoms with Crippen molar-refractivity contribution >= 4 is 5.69 Å². The zero-order valence-electron chi connectivity index (χ0n) is 18.0. The number of ether oxygens (including phenoxy) is 1. The van der Waals surface area contributed by atoms with Crippen LogP contribution in [0.25, 0.3) is 11.1 Å². The third kappa shape index (κ3) is 4.03. The molecule has 1 aromatic carbocycles. The maximum atomic E-state index is 13.6. The molecule has 7 nitrogen and oxygen atoms in total. The van der Waals surface area contributed by atoms with E-state index in [0.29, 0.717) is 24.0 Å². The fourth-order valence-electron chi connectivity index (χ4n) is 4.43. The van der Waals surface area contributed by atoms with Crippen molar-refractivity contribution in [2.75, 3.05) is 24.6 Å². The van der Waals surface area contributed by atoms with Gasteiger partial charge in [0, 0.05) is 37.8 Å². The molecule has 32 heavy (non-hydrogen) atoms. The first-order valence-electron chi connectivity index (χ1n) is 11.0. The van der Waals surface area contributed by atoms with Gasteiger partial charge >= 0.3 is 0 Å². The highest BCUT2D eigenvalue weighted by atomic mass is 19.1. The van der Waals surface area contributed by atoms with Crippen molar-refractivity contribution in [3.8, 4) is 22.9 Å². The van der Waals surface area contributed by atoms with Gasteiger partial charge in [0.05, 0.1) is 23.4 Å². The predicted octanol–water partition coefficient (Wildman–Crippen LogP) is 4.06. The van der Waals surface area contributed by atoms with Crippen LogP contribution in [0.4, 0.5) is 10.1 Å². The van der Waals surface area contributed by atoms with Crippen LogP contribution in [0.1, 0.15) is 43.0 Å². The highest BCUT2D eigenvalue weighted by Crippen LogP contribution is 2.43. The van der Waals surface area contributed by atoms with Crippen LogP contribution in [0.15, 0.2) is 36.8 Å². The van der Waals surface area contributed by atoms with Gasteiger partial charge in [-0.05, 0) is 55.9 Å². The van der Waals surface area contributed by atoms with Crippen LogP contribution in [0, 0.1) is 23.2 Å². The number of hydrogen-bond acceptors (Lipinski definition) is 6. The Kier molecular flexibility index (Phi) is 5.48. The first-order chi connectivity index (χ1) is 15.6. The highest BCUT2D eigenvalue weighted by molar-refractivity contribution is 5.87. The normalized spacial score (nSPS) is 16.7. The lowest BCUT2D eigenvalue weighted by Gasteiger charge is -2.35. The molecule has 0 radical (unpaired) electrons.